The van der Waals surface area contributed by atoms with Gasteiger partial charge in [0, 0.05) is 18.2 Å². The lowest BCUT2D eigenvalue weighted by atomic mass is 9.99. The van der Waals surface area contributed by atoms with Crippen LogP contribution in [0.2, 0.25) is 0 Å². The second-order valence-corrected chi connectivity index (χ2v) is 6.62. The first-order chi connectivity index (χ1) is 15.0. The molecule has 0 aliphatic heterocycles. The Morgan fingerprint density at radius 2 is 1.55 bits per heavy atom. The van der Waals surface area contributed by atoms with Gasteiger partial charge >= 0.3 is 5.97 Å². The van der Waals surface area contributed by atoms with Gasteiger partial charge in [0.1, 0.15) is 0 Å². The maximum Gasteiger partial charge on any atom is 0.331 e. The van der Waals surface area contributed by atoms with Crippen LogP contribution in [0, 0.1) is 10.1 Å². The Hall–Kier alpha value is -4.26. The molecule has 7 nitrogen and oxygen atoms in total. The van der Waals surface area contributed by atoms with Crippen LogP contribution in [-0.4, -0.2) is 23.4 Å². The Morgan fingerprint density at radius 1 is 0.935 bits per heavy atom. The minimum absolute atomic E-state index is 0.0808. The van der Waals surface area contributed by atoms with Crippen LogP contribution in [0.5, 0.6) is 0 Å². The van der Waals surface area contributed by atoms with Crippen molar-refractivity contribution in [2.24, 2.45) is 0 Å². The third kappa shape index (κ3) is 6.37. The van der Waals surface area contributed by atoms with E-state index in [-0.39, 0.29) is 11.7 Å². The molecule has 0 heterocycles. The fraction of sp³-hybridized carbons (Fsp3) is 0.0833. The molecule has 7 heteroatoms. The Kier molecular flexibility index (Phi) is 7.26. The molecule has 0 aliphatic carbocycles. The molecular weight excluding hydrogens is 396 g/mol. The van der Waals surface area contributed by atoms with Gasteiger partial charge in [-0.2, -0.15) is 0 Å². The molecule has 3 aromatic rings. The average Bonchev–Trinajstić information content (AvgIpc) is 2.81. The Morgan fingerprint density at radius 3 is 2.13 bits per heavy atom. The molecule has 156 valence electrons. The minimum Gasteiger partial charge on any atom is -0.452 e. The highest BCUT2D eigenvalue weighted by molar-refractivity contribution is 5.89. The van der Waals surface area contributed by atoms with Crippen molar-refractivity contribution in [3.8, 4) is 0 Å². The van der Waals surface area contributed by atoms with Gasteiger partial charge in [0.2, 0.25) is 0 Å². The van der Waals surface area contributed by atoms with Gasteiger partial charge in [-0.25, -0.2) is 4.79 Å². The summed E-state index contributed by atoms with van der Waals surface area (Å²) in [6.07, 6.45) is 2.52. The van der Waals surface area contributed by atoms with Gasteiger partial charge in [-0.05, 0) is 22.8 Å². The van der Waals surface area contributed by atoms with Crippen LogP contribution >= 0.6 is 0 Å². The molecule has 0 bridgehead atoms. The first-order valence-corrected chi connectivity index (χ1v) is 9.51. The summed E-state index contributed by atoms with van der Waals surface area (Å²) in [5.41, 5.74) is 2.20. The van der Waals surface area contributed by atoms with Gasteiger partial charge in [0.15, 0.2) is 6.61 Å². The number of nitrogens with one attached hydrogen (secondary N) is 1. The molecule has 0 radical (unpaired) electrons. The number of nitrogens with zero attached hydrogens (tertiary/aromatic N) is 1. The maximum absolute atomic E-state index is 12.4. The summed E-state index contributed by atoms with van der Waals surface area (Å²) in [5, 5.41) is 13.7. The lowest BCUT2D eigenvalue weighted by Gasteiger charge is -2.19. The van der Waals surface area contributed by atoms with Crippen LogP contribution in [0.1, 0.15) is 22.7 Å². The first kappa shape index (κ1) is 21.4. The van der Waals surface area contributed by atoms with Crippen LogP contribution in [0.15, 0.2) is 91.0 Å². The summed E-state index contributed by atoms with van der Waals surface area (Å²) >= 11 is 0. The highest BCUT2D eigenvalue weighted by atomic mass is 16.6. The minimum atomic E-state index is -0.724. The van der Waals surface area contributed by atoms with E-state index in [1.54, 1.807) is 6.07 Å². The van der Waals surface area contributed by atoms with E-state index in [0.29, 0.717) is 5.56 Å². The molecule has 0 saturated carbocycles. The molecule has 1 N–H and O–H groups in total. The van der Waals surface area contributed by atoms with E-state index < -0.39 is 23.4 Å². The van der Waals surface area contributed by atoms with Crippen molar-refractivity contribution in [3.63, 3.8) is 0 Å². The number of hydrogen-bond acceptors (Lipinski definition) is 5. The van der Waals surface area contributed by atoms with Crippen molar-refractivity contribution >= 4 is 23.6 Å². The molecule has 0 atom stereocenters. The number of carbonyl (C=O) groups excluding carboxylic acids is 2. The zero-order chi connectivity index (χ0) is 22.1. The molecule has 0 spiro atoms. The van der Waals surface area contributed by atoms with Gasteiger partial charge in [-0.1, -0.05) is 72.8 Å². The monoisotopic (exact) mass is 416 g/mol. The lowest BCUT2D eigenvalue weighted by molar-refractivity contribution is -0.384. The van der Waals surface area contributed by atoms with Crippen molar-refractivity contribution in [1.29, 1.82) is 0 Å². The predicted molar refractivity (Wildman–Crippen MR) is 116 cm³/mol. The third-order valence-electron chi connectivity index (χ3n) is 4.41. The standard InChI is InChI=1S/C24H20N2O5/c27-22(17-31-23(28)15-14-18-8-7-13-21(16-18)26(29)30)25-24(19-9-3-1-4-10-19)20-11-5-2-6-12-20/h1-16,24H,17H2,(H,25,27)/b15-14+. The molecule has 0 aliphatic rings. The van der Waals surface area contributed by atoms with Crippen molar-refractivity contribution in [2.75, 3.05) is 6.61 Å². The van der Waals surface area contributed by atoms with Gasteiger partial charge < -0.3 is 10.1 Å². The van der Waals surface area contributed by atoms with Gasteiger partial charge in [0.05, 0.1) is 11.0 Å². The zero-order valence-electron chi connectivity index (χ0n) is 16.5. The van der Waals surface area contributed by atoms with E-state index in [0.717, 1.165) is 17.2 Å². The number of hydrogen-bond donors (Lipinski definition) is 1. The van der Waals surface area contributed by atoms with E-state index in [1.807, 2.05) is 60.7 Å². The normalized spacial score (nSPS) is 10.7. The number of esters is 1. The van der Waals surface area contributed by atoms with E-state index in [4.69, 9.17) is 4.74 Å². The number of benzene rings is 3. The quantitative estimate of drug-likeness (QED) is 0.258. The number of carbonyl (C=O) groups is 2. The molecular formula is C24H20N2O5. The number of amides is 1. The first-order valence-electron chi connectivity index (χ1n) is 9.51. The second kappa shape index (κ2) is 10.5. The highest BCUT2D eigenvalue weighted by Crippen LogP contribution is 2.21. The molecule has 1 amide bonds. The van der Waals surface area contributed by atoms with Crippen molar-refractivity contribution in [2.45, 2.75) is 6.04 Å². The molecule has 3 rings (SSSR count). The Balaban J connectivity index is 1.59. The van der Waals surface area contributed by atoms with Gasteiger partial charge in [-0.3, -0.25) is 14.9 Å². The van der Waals surface area contributed by atoms with E-state index in [1.165, 1.54) is 24.3 Å². The predicted octanol–water partition coefficient (Wildman–Crippen LogP) is 4.06. The van der Waals surface area contributed by atoms with Gasteiger partial charge in [0.25, 0.3) is 11.6 Å². The number of non-ortho nitro benzene ring substituents is 1. The van der Waals surface area contributed by atoms with Crippen LogP contribution in [0.3, 0.4) is 0 Å². The number of rotatable bonds is 8. The summed E-state index contributed by atoms with van der Waals surface area (Å²) in [6, 6.07) is 24.4. The number of nitro benzene ring substituents is 1. The van der Waals surface area contributed by atoms with Crippen molar-refractivity contribution in [1.82, 2.24) is 5.32 Å². The molecule has 31 heavy (non-hydrogen) atoms. The maximum atomic E-state index is 12.4. The molecule has 0 saturated heterocycles. The summed E-state index contributed by atoms with van der Waals surface area (Å²) < 4.78 is 5.00. The van der Waals surface area contributed by atoms with Crippen molar-refractivity contribution in [3.05, 3.63) is 118 Å². The summed E-state index contributed by atoms with van der Waals surface area (Å²) in [6.45, 7) is -0.450. The molecule has 0 fully saturated rings. The highest BCUT2D eigenvalue weighted by Gasteiger charge is 2.17. The molecule has 3 aromatic carbocycles. The third-order valence-corrected chi connectivity index (χ3v) is 4.41. The van der Waals surface area contributed by atoms with Crippen LogP contribution in [0.25, 0.3) is 6.08 Å². The summed E-state index contributed by atoms with van der Waals surface area (Å²) in [5.74, 6) is -1.17. The van der Waals surface area contributed by atoms with Crippen LogP contribution in [0.4, 0.5) is 5.69 Å². The zero-order valence-corrected chi connectivity index (χ0v) is 16.5. The number of nitro groups is 1. The average molecular weight is 416 g/mol. The van der Waals surface area contributed by atoms with E-state index in [9.17, 15) is 19.7 Å². The summed E-state index contributed by atoms with van der Waals surface area (Å²) in [7, 11) is 0. The fourth-order valence-electron chi connectivity index (χ4n) is 2.94. The topological polar surface area (TPSA) is 98.5 Å². The SMILES string of the molecule is O=C(COC(=O)/C=C/c1cccc([N+](=O)[O-])c1)NC(c1ccccc1)c1ccccc1. The molecule has 0 unspecified atom stereocenters. The number of ether oxygens (including phenoxy) is 1. The second-order valence-electron chi connectivity index (χ2n) is 6.62. The van der Waals surface area contributed by atoms with E-state index in [2.05, 4.69) is 5.32 Å². The van der Waals surface area contributed by atoms with Crippen molar-refractivity contribution < 1.29 is 19.2 Å². The van der Waals surface area contributed by atoms with E-state index >= 15 is 0 Å². The van der Waals surface area contributed by atoms with Crippen LogP contribution < -0.4 is 5.32 Å². The lowest BCUT2D eigenvalue weighted by Crippen LogP contribution is -2.32. The largest absolute Gasteiger partial charge is 0.452 e. The van der Waals surface area contributed by atoms with Gasteiger partial charge in [-0.15, -0.1) is 0 Å². The fourth-order valence-corrected chi connectivity index (χ4v) is 2.94. The molecule has 0 aromatic heterocycles. The smallest absolute Gasteiger partial charge is 0.331 e. The summed E-state index contributed by atoms with van der Waals surface area (Å²) in [4.78, 5) is 34.6. The van der Waals surface area contributed by atoms with Crippen LogP contribution in [-0.2, 0) is 14.3 Å². The Labute approximate surface area is 179 Å². The Bertz CT molecular complexity index is 1040.